The van der Waals surface area contributed by atoms with E-state index >= 15 is 0 Å². The molecule has 0 saturated heterocycles. The molecular formula is C18H34N2O3Si. The fourth-order valence-electron chi connectivity index (χ4n) is 2.41. The molecule has 0 atom stereocenters. The molecule has 0 aliphatic heterocycles. The monoisotopic (exact) mass is 354 g/mol. The van der Waals surface area contributed by atoms with Gasteiger partial charge in [-0.05, 0) is 31.2 Å². The molecule has 1 aromatic carbocycles. The molecule has 0 aliphatic carbocycles. The first kappa shape index (κ1) is 21.3. The lowest BCUT2D eigenvalue weighted by atomic mass is 9.99. The van der Waals surface area contributed by atoms with Crippen LogP contribution in [-0.4, -0.2) is 28.6 Å². The molecule has 4 N–H and O–H groups in total. The average Bonchev–Trinajstić information content (AvgIpc) is 2.61. The fraction of sp³-hybridized carbons (Fsp3) is 0.667. The van der Waals surface area contributed by atoms with Gasteiger partial charge in [-0.15, -0.1) is 0 Å². The molecule has 0 bridgehead atoms. The molecule has 0 radical (unpaired) electrons. The van der Waals surface area contributed by atoms with E-state index in [2.05, 4.69) is 20.8 Å². The minimum absolute atomic E-state index is 0.586. The summed E-state index contributed by atoms with van der Waals surface area (Å²) in [5.74, 6) is 0. The van der Waals surface area contributed by atoms with Crippen LogP contribution in [-0.2, 0) is 18.9 Å². The maximum Gasteiger partial charge on any atom is 0.537 e. The molecular weight excluding hydrogens is 320 g/mol. The Morgan fingerprint density at radius 1 is 0.833 bits per heavy atom. The number of rotatable bonds is 12. The zero-order chi connectivity index (χ0) is 18.1. The highest BCUT2D eigenvalue weighted by Crippen LogP contribution is 2.21. The van der Waals surface area contributed by atoms with Crippen LogP contribution in [0.2, 0.25) is 0 Å². The van der Waals surface area contributed by atoms with E-state index in [1.807, 2.05) is 31.2 Å². The van der Waals surface area contributed by atoms with E-state index in [-0.39, 0.29) is 0 Å². The van der Waals surface area contributed by atoms with Gasteiger partial charge in [0.2, 0.25) is 0 Å². The highest BCUT2D eigenvalue weighted by Gasteiger charge is 2.47. The van der Waals surface area contributed by atoms with Gasteiger partial charge >= 0.3 is 8.80 Å². The van der Waals surface area contributed by atoms with Gasteiger partial charge in [-0.1, -0.05) is 52.0 Å². The lowest BCUT2D eigenvalue weighted by molar-refractivity contribution is 0.0727. The largest absolute Gasteiger partial charge is 0.537 e. The van der Waals surface area contributed by atoms with Crippen LogP contribution in [0.4, 0.5) is 0 Å². The molecule has 5 nitrogen and oxygen atoms in total. The Labute approximate surface area is 148 Å². The second-order valence-electron chi connectivity index (χ2n) is 6.04. The van der Waals surface area contributed by atoms with E-state index in [9.17, 15) is 0 Å². The summed E-state index contributed by atoms with van der Waals surface area (Å²) in [6.45, 7) is 9.96. The van der Waals surface area contributed by atoms with Crippen molar-refractivity contribution in [2.75, 3.05) is 19.8 Å². The summed E-state index contributed by atoms with van der Waals surface area (Å²) < 4.78 is 18.7. The second kappa shape index (κ2) is 10.3. The number of hydrogen-bond donors (Lipinski definition) is 2. The zero-order valence-electron chi connectivity index (χ0n) is 15.6. The highest BCUT2D eigenvalue weighted by molar-refractivity contribution is 6.75. The molecule has 0 spiro atoms. The van der Waals surface area contributed by atoms with E-state index in [1.165, 1.54) is 0 Å². The molecule has 138 valence electrons. The first-order valence-corrected chi connectivity index (χ1v) is 10.8. The quantitative estimate of drug-likeness (QED) is 0.445. The minimum Gasteiger partial charge on any atom is -0.370 e. The summed E-state index contributed by atoms with van der Waals surface area (Å²) in [5, 5.41) is 0.896. The summed E-state index contributed by atoms with van der Waals surface area (Å²) in [7, 11) is -3.07. The molecule has 0 fully saturated rings. The molecule has 24 heavy (non-hydrogen) atoms. The first-order chi connectivity index (χ1) is 11.5. The fourth-order valence-corrected chi connectivity index (χ4v) is 5.50. The third-order valence-corrected chi connectivity index (χ3v) is 6.68. The van der Waals surface area contributed by atoms with E-state index in [0.29, 0.717) is 26.2 Å². The maximum absolute atomic E-state index is 6.35. The third kappa shape index (κ3) is 5.37. The third-order valence-electron chi connectivity index (χ3n) is 3.83. The molecule has 6 heteroatoms. The molecule has 1 aromatic rings. The molecule has 0 aliphatic rings. The maximum atomic E-state index is 6.35. The Hall–Kier alpha value is -0.763. The van der Waals surface area contributed by atoms with Gasteiger partial charge in [-0.3, -0.25) is 0 Å². The van der Waals surface area contributed by atoms with Crippen molar-refractivity contribution in [3.8, 4) is 0 Å². The molecule has 0 aromatic heterocycles. The Morgan fingerprint density at radius 3 is 1.71 bits per heavy atom. The van der Waals surface area contributed by atoms with Crippen molar-refractivity contribution in [3.63, 3.8) is 0 Å². The number of benzene rings is 1. The van der Waals surface area contributed by atoms with Crippen molar-refractivity contribution in [1.29, 1.82) is 0 Å². The second-order valence-corrected chi connectivity index (χ2v) is 8.56. The van der Waals surface area contributed by atoms with Crippen molar-refractivity contribution in [2.45, 2.75) is 59.0 Å². The first-order valence-electron chi connectivity index (χ1n) is 9.07. The highest BCUT2D eigenvalue weighted by atomic mass is 28.4. The average molecular weight is 355 g/mol. The predicted octanol–water partition coefficient (Wildman–Crippen LogP) is 2.59. The van der Waals surface area contributed by atoms with Gasteiger partial charge in [-0.2, -0.15) is 0 Å². The van der Waals surface area contributed by atoms with Crippen molar-refractivity contribution in [1.82, 2.24) is 0 Å². The summed E-state index contributed by atoms with van der Waals surface area (Å²) in [5.41, 5.74) is 12.6. The van der Waals surface area contributed by atoms with Crippen LogP contribution in [0.1, 0.15) is 58.9 Å². The van der Waals surface area contributed by atoms with Crippen LogP contribution in [0.5, 0.6) is 0 Å². The van der Waals surface area contributed by atoms with Gasteiger partial charge in [0.1, 0.15) is 0 Å². The van der Waals surface area contributed by atoms with Crippen LogP contribution in [0.25, 0.3) is 0 Å². The molecule has 0 amide bonds. The SMILES string of the molecule is CCCO[Si](OCCC)(OCCC)c1ccccc1C(N)(N)CC. The van der Waals surface area contributed by atoms with Crippen molar-refractivity contribution < 1.29 is 13.3 Å². The lowest BCUT2D eigenvalue weighted by Crippen LogP contribution is -2.62. The van der Waals surface area contributed by atoms with Gasteiger partial charge in [-0.25, -0.2) is 0 Å². The minimum atomic E-state index is -3.07. The smallest absolute Gasteiger partial charge is 0.370 e. The number of nitrogens with two attached hydrogens (primary N) is 2. The van der Waals surface area contributed by atoms with Crippen LogP contribution in [0.15, 0.2) is 24.3 Å². The van der Waals surface area contributed by atoms with Crippen LogP contribution >= 0.6 is 0 Å². The standard InChI is InChI=1S/C18H34N2O3Si/c1-5-13-21-24(22-14-6-2,23-15-7-3)17-12-10-9-11-16(17)18(19,20)8-4/h9-12H,5-8,13-15,19-20H2,1-4H3. The van der Waals surface area contributed by atoms with E-state index in [0.717, 1.165) is 30.0 Å². The van der Waals surface area contributed by atoms with Gasteiger partial charge in [0.25, 0.3) is 0 Å². The normalized spacial score (nSPS) is 12.6. The lowest BCUT2D eigenvalue weighted by Gasteiger charge is -2.34. The van der Waals surface area contributed by atoms with Crippen molar-refractivity contribution >= 4 is 14.0 Å². The van der Waals surface area contributed by atoms with E-state index < -0.39 is 14.5 Å². The molecule has 0 unspecified atom stereocenters. The van der Waals surface area contributed by atoms with E-state index in [4.69, 9.17) is 24.7 Å². The van der Waals surface area contributed by atoms with Crippen LogP contribution in [0.3, 0.4) is 0 Å². The summed E-state index contributed by atoms with van der Waals surface area (Å²) in [4.78, 5) is 0. The van der Waals surface area contributed by atoms with Gasteiger partial charge in [0.15, 0.2) is 0 Å². The zero-order valence-corrected chi connectivity index (χ0v) is 16.6. The molecule has 0 heterocycles. The molecule has 0 saturated carbocycles. The van der Waals surface area contributed by atoms with Crippen molar-refractivity contribution in [2.24, 2.45) is 11.5 Å². The van der Waals surface area contributed by atoms with E-state index in [1.54, 1.807) is 0 Å². The Morgan fingerprint density at radius 2 is 1.29 bits per heavy atom. The molecule has 1 rings (SSSR count). The van der Waals surface area contributed by atoms with Gasteiger partial charge < -0.3 is 24.7 Å². The summed E-state index contributed by atoms with van der Waals surface area (Å²) in [6.07, 6.45) is 3.30. The van der Waals surface area contributed by atoms with Crippen LogP contribution in [0, 0.1) is 0 Å². The van der Waals surface area contributed by atoms with Gasteiger partial charge in [0.05, 0.1) is 5.66 Å². The predicted molar refractivity (Wildman–Crippen MR) is 101 cm³/mol. The number of hydrogen-bond acceptors (Lipinski definition) is 5. The Bertz CT molecular complexity index is 461. The topological polar surface area (TPSA) is 79.7 Å². The summed E-state index contributed by atoms with van der Waals surface area (Å²) in [6, 6.07) is 7.86. The summed E-state index contributed by atoms with van der Waals surface area (Å²) >= 11 is 0. The van der Waals surface area contributed by atoms with Gasteiger partial charge in [0, 0.05) is 25.0 Å². The van der Waals surface area contributed by atoms with Crippen molar-refractivity contribution in [3.05, 3.63) is 29.8 Å². The Balaban J connectivity index is 3.40. The van der Waals surface area contributed by atoms with Crippen LogP contribution < -0.4 is 16.7 Å². The Kier molecular flexibility index (Phi) is 9.11.